The third-order valence-corrected chi connectivity index (χ3v) is 4.74. The Labute approximate surface area is 137 Å². The number of anilines is 1. The van der Waals surface area contributed by atoms with E-state index in [1.54, 1.807) is 0 Å². The van der Waals surface area contributed by atoms with Gasteiger partial charge in [0.15, 0.2) is 5.65 Å². The molecule has 0 radical (unpaired) electrons. The SMILES string of the molecule is CC[C@@H](CNc1cc(C)nc2c(C)c(C)nn12)N1CCOCC1. The highest BCUT2D eigenvalue weighted by atomic mass is 16.5. The normalized spacial score (nSPS) is 17.6. The minimum atomic E-state index is 0.514. The Kier molecular flexibility index (Phi) is 4.82. The molecule has 0 aromatic carbocycles. The van der Waals surface area contributed by atoms with Gasteiger partial charge < -0.3 is 10.1 Å². The van der Waals surface area contributed by atoms with Gasteiger partial charge in [0.25, 0.3) is 0 Å². The van der Waals surface area contributed by atoms with Crippen molar-refractivity contribution in [2.24, 2.45) is 0 Å². The van der Waals surface area contributed by atoms with E-state index in [1.807, 2.05) is 18.4 Å². The van der Waals surface area contributed by atoms with Gasteiger partial charge in [0.2, 0.25) is 0 Å². The Bertz CT molecular complexity index is 675. The molecule has 1 aliphatic rings. The Morgan fingerprint density at radius 1 is 1.26 bits per heavy atom. The van der Waals surface area contributed by atoms with E-state index in [9.17, 15) is 0 Å². The highest BCUT2D eigenvalue weighted by molar-refractivity contribution is 5.55. The molecule has 3 rings (SSSR count). The van der Waals surface area contributed by atoms with Gasteiger partial charge in [-0.25, -0.2) is 4.98 Å². The first-order chi connectivity index (χ1) is 11.1. The van der Waals surface area contributed by atoms with Gasteiger partial charge in [-0.3, -0.25) is 4.90 Å². The second-order valence-corrected chi connectivity index (χ2v) is 6.32. The second kappa shape index (κ2) is 6.84. The first-order valence-electron chi connectivity index (χ1n) is 8.49. The topological polar surface area (TPSA) is 54.7 Å². The molecule has 3 heterocycles. The number of hydrogen-bond acceptors (Lipinski definition) is 5. The quantitative estimate of drug-likeness (QED) is 0.916. The van der Waals surface area contributed by atoms with Gasteiger partial charge in [-0.05, 0) is 27.2 Å². The van der Waals surface area contributed by atoms with Crippen LogP contribution in [0, 0.1) is 20.8 Å². The molecule has 2 aromatic heterocycles. The van der Waals surface area contributed by atoms with Crippen molar-refractivity contribution in [1.82, 2.24) is 19.5 Å². The second-order valence-electron chi connectivity index (χ2n) is 6.32. The molecule has 0 bridgehead atoms. The van der Waals surface area contributed by atoms with E-state index >= 15 is 0 Å². The van der Waals surface area contributed by atoms with Gasteiger partial charge in [-0.2, -0.15) is 9.61 Å². The van der Waals surface area contributed by atoms with Crippen LogP contribution in [0.4, 0.5) is 5.82 Å². The fourth-order valence-corrected chi connectivity index (χ4v) is 3.17. The van der Waals surface area contributed by atoms with Crippen molar-refractivity contribution < 1.29 is 4.74 Å². The zero-order chi connectivity index (χ0) is 16.4. The number of rotatable bonds is 5. The van der Waals surface area contributed by atoms with E-state index in [2.05, 4.69) is 40.2 Å². The highest BCUT2D eigenvalue weighted by Gasteiger charge is 2.20. The molecule has 1 atom stereocenters. The molecule has 0 saturated carbocycles. The fourth-order valence-electron chi connectivity index (χ4n) is 3.17. The Morgan fingerprint density at radius 2 is 2.00 bits per heavy atom. The average molecular weight is 317 g/mol. The third-order valence-electron chi connectivity index (χ3n) is 4.74. The van der Waals surface area contributed by atoms with Gasteiger partial charge in [-0.15, -0.1) is 0 Å². The van der Waals surface area contributed by atoms with Crippen LogP contribution in [0.1, 0.15) is 30.3 Å². The van der Waals surface area contributed by atoms with Crippen LogP contribution in [0.25, 0.3) is 5.65 Å². The van der Waals surface area contributed by atoms with Crippen molar-refractivity contribution in [2.45, 2.75) is 40.2 Å². The van der Waals surface area contributed by atoms with Crippen LogP contribution in [-0.4, -0.2) is 58.4 Å². The van der Waals surface area contributed by atoms with Crippen LogP contribution < -0.4 is 5.32 Å². The molecular formula is C17H27N5O. The van der Waals surface area contributed by atoms with E-state index in [4.69, 9.17) is 4.74 Å². The predicted octanol–water partition coefficient (Wildman–Crippen LogP) is 2.18. The summed E-state index contributed by atoms with van der Waals surface area (Å²) in [7, 11) is 0. The molecule has 1 N–H and O–H groups in total. The summed E-state index contributed by atoms with van der Waals surface area (Å²) in [5, 5.41) is 8.22. The summed E-state index contributed by atoms with van der Waals surface area (Å²) in [6.45, 7) is 13.0. The van der Waals surface area contributed by atoms with Crippen LogP contribution in [0.2, 0.25) is 0 Å². The number of nitrogens with zero attached hydrogens (tertiary/aromatic N) is 4. The number of ether oxygens (including phenoxy) is 1. The molecule has 126 valence electrons. The summed E-state index contributed by atoms with van der Waals surface area (Å²) in [5.74, 6) is 1.02. The third kappa shape index (κ3) is 3.33. The Balaban J connectivity index is 1.79. The molecule has 0 unspecified atom stereocenters. The maximum atomic E-state index is 5.46. The number of aryl methyl sites for hydroxylation is 3. The van der Waals surface area contributed by atoms with E-state index in [0.29, 0.717) is 6.04 Å². The molecule has 0 spiro atoms. The number of hydrogen-bond donors (Lipinski definition) is 1. The number of morpholine rings is 1. The van der Waals surface area contributed by atoms with Crippen molar-refractivity contribution >= 4 is 11.5 Å². The molecule has 23 heavy (non-hydrogen) atoms. The van der Waals surface area contributed by atoms with Crippen LogP contribution in [0.5, 0.6) is 0 Å². The Hall–Kier alpha value is -1.66. The van der Waals surface area contributed by atoms with Crippen LogP contribution >= 0.6 is 0 Å². The standard InChI is InChI=1S/C17H27N5O/c1-5-15(21-6-8-23-9-7-21)11-18-16-10-12(2)19-17-13(3)14(4)20-22(16)17/h10,15,18H,5-9,11H2,1-4H3/t15-/m0/s1. The molecule has 6 nitrogen and oxygen atoms in total. The molecule has 1 saturated heterocycles. The van der Waals surface area contributed by atoms with E-state index in [1.165, 1.54) is 0 Å². The summed E-state index contributed by atoms with van der Waals surface area (Å²) in [6.07, 6.45) is 1.12. The number of fused-ring (bicyclic) bond motifs is 1. The fraction of sp³-hybridized carbons (Fsp3) is 0.647. The van der Waals surface area contributed by atoms with Crippen LogP contribution in [-0.2, 0) is 4.74 Å². The molecule has 6 heteroatoms. The van der Waals surface area contributed by atoms with Gasteiger partial charge >= 0.3 is 0 Å². The minimum Gasteiger partial charge on any atom is -0.379 e. The smallest absolute Gasteiger partial charge is 0.160 e. The average Bonchev–Trinajstić information content (AvgIpc) is 2.84. The summed E-state index contributed by atoms with van der Waals surface area (Å²) in [5.41, 5.74) is 4.15. The maximum Gasteiger partial charge on any atom is 0.160 e. The molecular weight excluding hydrogens is 290 g/mol. The van der Waals surface area contributed by atoms with E-state index in [0.717, 1.165) is 67.7 Å². The molecule has 0 amide bonds. The van der Waals surface area contributed by atoms with Crippen molar-refractivity contribution in [2.75, 3.05) is 38.2 Å². The lowest BCUT2D eigenvalue weighted by Gasteiger charge is -2.34. The van der Waals surface area contributed by atoms with Crippen molar-refractivity contribution in [3.8, 4) is 0 Å². The first kappa shape index (κ1) is 16.2. The number of aromatic nitrogens is 3. The van der Waals surface area contributed by atoms with Crippen molar-refractivity contribution in [3.05, 3.63) is 23.0 Å². The molecule has 0 aliphatic carbocycles. The lowest BCUT2D eigenvalue weighted by molar-refractivity contribution is 0.0184. The summed E-state index contributed by atoms with van der Waals surface area (Å²) in [6, 6.07) is 2.59. The van der Waals surface area contributed by atoms with Gasteiger partial charge in [0.05, 0.1) is 18.9 Å². The van der Waals surface area contributed by atoms with Crippen molar-refractivity contribution in [1.29, 1.82) is 0 Å². The van der Waals surface area contributed by atoms with Gasteiger partial charge in [0.1, 0.15) is 5.82 Å². The maximum absolute atomic E-state index is 5.46. The summed E-state index contributed by atoms with van der Waals surface area (Å²) >= 11 is 0. The zero-order valence-electron chi connectivity index (χ0n) is 14.6. The molecule has 1 fully saturated rings. The largest absolute Gasteiger partial charge is 0.379 e. The number of nitrogens with one attached hydrogen (secondary N) is 1. The van der Waals surface area contributed by atoms with Crippen molar-refractivity contribution in [3.63, 3.8) is 0 Å². The predicted molar refractivity (Wildman–Crippen MR) is 92.2 cm³/mol. The Morgan fingerprint density at radius 3 is 2.70 bits per heavy atom. The van der Waals surface area contributed by atoms with Gasteiger partial charge in [-0.1, -0.05) is 6.92 Å². The van der Waals surface area contributed by atoms with Crippen LogP contribution in [0.15, 0.2) is 6.07 Å². The highest BCUT2D eigenvalue weighted by Crippen LogP contribution is 2.18. The first-order valence-corrected chi connectivity index (χ1v) is 8.49. The summed E-state index contributed by atoms with van der Waals surface area (Å²) < 4.78 is 7.40. The lowest BCUT2D eigenvalue weighted by Crippen LogP contribution is -2.46. The minimum absolute atomic E-state index is 0.514. The monoisotopic (exact) mass is 317 g/mol. The molecule has 2 aromatic rings. The summed E-state index contributed by atoms with van der Waals surface area (Å²) in [4.78, 5) is 7.14. The van der Waals surface area contributed by atoms with Gasteiger partial charge in [0, 0.05) is 43.0 Å². The van der Waals surface area contributed by atoms with Crippen LogP contribution in [0.3, 0.4) is 0 Å². The van der Waals surface area contributed by atoms with E-state index < -0.39 is 0 Å². The lowest BCUT2D eigenvalue weighted by atomic mass is 10.1. The molecule has 1 aliphatic heterocycles. The van der Waals surface area contributed by atoms with E-state index in [-0.39, 0.29) is 0 Å². The zero-order valence-corrected chi connectivity index (χ0v) is 14.6.